The van der Waals surface area contributed by atoms with Crippen LogP contribution in [-0.2, 0) is 11.3 Å². The standard InChI is InChI=1S/C17H18ClFN2O2/c1-21(10-12-13(18)6-5-7-14(12)19)11-17(22)20-15-8-3-4-9-16(15)23-2/h3-9H,10-11H2,1-2H3,(H,20,22). The Kier molecular flexibility index (Phi) is 5.96. The van der Waals surface area contributed by atoms with E-state index in [-0.39, 0.29) is 24.8 Å². The van der Waals surface area contributed by atoms with Crippen molar-refractivity contribution in [1.29, 1.82) is 0 Å². The van der Waals surface area contributed by atoms with E-state index in [4.69, 9.17) is 16.3 Å². The quantitative estimate of drug-likeness (QED) is 0.877. The zero-order chi connectivity index (χ0) is 16.8. The summed E-state index contributed by atoms with van der Waals surface area (Å²) in [5, 5.41) is 3.12. The van der Waals surface area contributed by atoms with E-state index in [2.05, 4.69) is 5.32 Å². The molecule has 2 aromatic rings. The number of para-hydroxylation sites is 2. The van der Waals surface area contributed by atoms with Crippen molar-refractivity contribution in [3.63, 3.8) is 0 Å². The number of likely N-dealkylation sites (N-methyl/N-ethyl adjacent to an activating group) is 1. The third-order valence-corrected chi connectivity index (χ3v) is 3.64. The lowest BCUT2D eigenvalue weighted by molar-refractivity contribution is -0.117. The normalized spacial score (nSPS) is 10.7. The lowest BCUT2D eigenvalue weighted by atomic mass is 10.2. The molecule has 1 N–H and O–H groups in total. The fourth-order valence-corrected chi connectivity index (χ4v) is 2.41. The first-order chi connectivity index (χ1) is 11.0. The van der Waals surface area contributed by atoms with Crippen LogP contribution in [0.1, 0.15) is 5.56 Å². The number of anilines is 1. The van der Waals surface area contributed by atoms with Gasteiger partial charge in [-0.25, -0.2) is 4.39 Å². The van der Waals surface area contributed by atoms with E-state index < -0.39 is 0 Å². The summed E-state index contributed by atoms with van der Waals surface area (Å²) in [5.74, 6) is -0.0143. The van der Waals surface area contributed by atoms with Crippen molar-refractivity contribution in [1.82, 2.24) is 4.90 Å². The number of benzene rings is 2. The number of nitrogens with one attached hydrogen (secondary N) is 1. The molecule has 6 heteroatoms. The number of amides is 1. The fourth-order valence-electron chi connectivity index (χ4n) is 2.19. The molecule has 0 spiro atoms. The maximum Gasteiger partial charge on any atom is 0.238 e. The van der Waals surface area contributed by atoms with Gasteiger partial charge in [-0.15, -0.1) is 0 Å². The van der Waals surface area contributed by atoms with E-state index in [0.29, 0.717) is 22.0 Å². The van der Waals surface area contributed by atoms with Crippen LogP contribution >= 0.6 is 11.6 Å². The number of methoxy groups -OCH3 is 1. The van der Waals surface area contributed by atoms with Crippen LogP contribution in [0.5, 0.6) is 5.75 Å². The summed E-state index contributed by atoms with van der Waals surface area (Å²) < 4.78 is 18.9. The van der Waals surface area contributed by atoms with Crippen LogP contribution in [0.2, 0.25) is 5.02 Å². The molecule has 0 unspecified atom stereocenters. The van der Waals surface area contributed by atoms with Gasteiger partial charge in [0.25, 0.3) is 0 Å². The fraction of sp³-hybridized carbons (Fsp3) is 0.235. The summed E-state index contributed by atoms with van der Waals surface area (Å²) in [6.07, 6.45) is 0. The zero-order valence-corrected chi connectivity index (χ0v) is 13.7. The lowest BCUT2D eigenvalue weighted by Gasteiger charge is -2.18. The third-order valence-electron chi connectivity index (χ3n) is 3.28. The smallest absolute Gasteiger partial charge is 0.238 e. The summed E-state index contributed by atoms with van der Waals surface area (Å²) in [6, 6.07) is 11.7. The first-order valence-electron chi connectivity index (χ1n) is 7.05. The SMILES string of the molecule is COc1ccccc1NC(=O)CN(C)Cc1c(F)cccc1Cl. The van der Waals surface area contributed by atoms with Gasteiger partial charge in [0.1, 0.15) is 11.6 Å². The van der Waals surface area contributed by atoms with Gasteiger partial charge in [0.2, 0.25) is 5.91 Å². The van der Waals surface area contributed by atoms with Crippen molar-refractivity contribution in [3.05, 3.63) is 58.9 Å². The van der Waals surface area contributed by atoms with Crippen molar-refractivity contribution in [2.75, 3.05) is 26.0 Å². The molecule has 0 aromatic heterocycles. The number of halogens is 2. The molecule has 1 amide bonds. The predicted octanol–water partition coefficient (Wildman–Crippen LogP) is 3.56. The van der Waals surface area contributed by atoms with Gasteiger partial charge >= 0.3 is 0 Å². The van der Waals surface area contributed by atoms with Gasteiger partial charge in [0, 0.05) is 17.1 Å². The molecule has 0 saturated heterocycles. The molecule has 23 heavy (non-hydrogen) atoms. The van der Waals surface area contributed by atoms with Crippen LogP contribution in [0.15, 0.2) is 42.5 Å². The van der Waals surface area contributed by atoms with E-state index in [1.165, 1.54) is 13.2 Å². The highest BCUT2D eigenvalue weighted by Crippen LogP contribution is 2.23. The molecular formula is C17H18ClFN2O2. The maximum atomic E-state index is 13.8. The first kappa shape index (κ1) is 17.2. The Labute approximate surface area is 139 Å². The van der Waals surface area contributed by atoms with Crippen molar-refractivity contribution >= 4 is 23.2 Å². The van der Waals surface area contributed by atoms with Gasteiger partial charge < -0.3 is 10.1 Å². The van der Waals surface area contributed by atoms with E-state index in [9.17, 15) is 9.18 Å². The van der Waals surface area contributed by atoms with Crippen molar-refractivity contribution < 1.29 is 13.9 Å². The van der Waals surface area contributed by atoms with Crippen molar-refractivity contribution in [2.24, 2.45) is 0 Å². The van der Waals surface area contributed by atoms with Crippen LogP contribution in [0.3, 0.4) is 0 Å². The molecule has 4 nitrogen and oxygen atoms in total. The van der Waals surface area contributed by atoms with E-state index in [1.54, 1.807) is 42.3 Å². The minimum absolute atomic E-state index is 0.0999. The zero-order valence-electron chi connectivity index (χ0n) is 13.0. The number of rotatable bonds is 6. The summed E-state index contributed by atoms with van der Waals surface area (Å²) in [4.78, 5) is 13.8. The van der Waals surface area contributed by atoms with Crippen LogP contribution < -0.4 is 10.1 Å². The van der Waals surface area contributed by atoms with Gasteiger partial charge in [0.15, 0.2) is 0 Å². The van der Waals surface area contributed by atoms with Gasteiger partial charge in [0.05, 0.1) is 19.3 Å². The highest BCUT2D eigenvalue weighted by molar-refractivity contribution is 6.31. The van der Waals surface area contributed by atoms with Crippen LogP contribution in [0.25, 0.3) is 0 Å². The van der Waals surface area contributed by atoms with Crippen molar-refractivity contribution in [2.45, 2.75) is 6.54 Å². The number of hydrogen-bond acceptors (Lipinski definition) is 3. The first-order valence-corrected chi connectivity index (χ1v) is 7.43. The van der Waals surface area contributed by atoms with E-state index in [1.807, 2.05) is 6.07 Å². The summed E-state index contributed by atoms with van der Waals surface area (Å²) >= 11 is 6.00. The number of ether oxygens (including phenoxy) is 1. The molecule has 0 atom stereocenters. The number of nitrogens with zero attached hydrogens (tertiary/aromatic N) is 1. The van der Waals surface area contributed by atoms with Crippen molar-refractivity contribution in [3.8, 4) is 5.75 Å². The Morgan fingerprint density at radius 2 is 2.00 bits per heavy atom. The Morgan fingerprint density at radius 1 is 1.26 bits per heavy atom. The molecule has 0 aliphatic rings. The molecule has 122 valence electrons. The van der Waals surface area contributed by atoms with Crippen LogP contribution in [-0.4, -0.2) is 31.5 Å². The molecule has 0 aliphatic carbocycles. The van der Waals surface area contributed by atoms with E-state index >= 15 is 0 Å². The van der Waals surface area contributed by atoms with Crippen LogP contribution in [0, 0.1) is 5.82 Å². The molecule has 0 heterocycles. The number of carbonyl (C=O) groups excluding carboxylic acids is 1. The molecule has 2 rings (SSSR count). The van der Waals surface area contributed by atoms with Gasteiger partial charge in [-0.2, -0.15) is 0 Å². The second-order valence-electron chi connectivity index (χ2n) is 5.12. The summed E-state index contributed by atoms with van der Waals surface area (Å²) in [7, 11) is 3.27. The molecule has 0 saturated carbocycles. The monoisotopic (exact) mass is 336 g/mol. The Morgan fingerprint density at radius 3 is 2.70 bits per heavy atom. The number of hydrogen-bond donors (Lipinski definition) is 1. The minimum Gasteiger partial charge on any atom is -0.495 e. The third kappa shape index (κ3) is 4.68. The Hall–Kier alpha value is -2.11. The minimum atomic E-state index is -0.380. The molecule has 0 radical (unpaired) electrons. The van der Waals surface area contributed by atoms with Gasteiger partial charge in [-0.1, -0.05) is 29.8 Å². The van der Waals surface area contributed by atoms with Gasteiger partial charge in [-0.05, 0) is 31.3 Å². The number of carbonyl (C=O) groups is 1. The Balaban J connectivity index is 1.97. The largest absolute Gasteiger partial charge is 0.495 e. The molecule has 0 aliphatic heterocycles. The van der Waals surface area contributed by atoms with Crippen LogP contribution in [0.4, 0.5) is 10.1 Å². The molecule has 2 aromatic carbocycles. The highest BCUT2D eigenvalue weighted by Gasteiger charge is 2.13. The summed E-state index contributed by atoms with van der Waals surface area (Å²) in [6.45, 7) is 0.341. The summed E-state index contributed by atoms with van der Waals surface area (Å²) in [5.41, 5.74) is 0.971. The maximum absolute atomic E-state index is 13.8. The second-order valence-corrected chi connectivity index (χ2v) is 5.53. The average molecular weight is 337 g/mol. The van der Waals surface area contributed by atoms with Gasteiger partial charge in [-0.3, -0.25) is 9.69 Å². The Bertz CT molecular complexity index is 674. The molecule has 0 bridgehead atoms. The van der Waals surface area contributed by atoms with E-state index in [0.717, 1.165) is 0 Å². The predicted molar refractivity (Wildman–Crippen MR) is 89.4 cm³/mol. The molecular weight excluding hydrogens is 319 g/mol. The highest BCUT2D eigenvalue weighted by atomic mass is 35.5. The topological polar surface area (TPSA) is 41.6 Å². The lowest BCUT2D eigenvalue weighted by Crippen LogP contribution is -2.30. The average Bonchev–Trinajstić information content (AvgIpc) is 2.51. The molecule has 0 fully saturated rings. The second kappa shape index (κ2) is 7.94.